The summed E-state index contributed by atoms with van der Waals surface area (Å²) in [6.07, 6.45) is 1.87. The molecule has 106 valence electrons. The maximum atomic E-state index is 4.43. The molecule has 2 rings (SSSR count). The Balaban J connectivity index is 1.85. The zero-order chi connectivity index (χ0) is 13.7. The average molecular weight is 262 g/mol. The lowest BCUT2D eigenvalue weighted by molar-refractivity contribution is 0.152. The van der Waals surface area contributed by atoms with Gasteiger partial charge in [-0.15, -0.1) is 0 Å². The third-order valence-electron chi connectivity index (χ3n) is 4.21. The van der Waals surface area contributed by atoms with Crippen molar-refractivity contribution in [2.45, 2.75) is 19.9 Å². The van der Waals surface area contributed by atoms with E-state index in [1.54, 1.807) is 0 Å². The summed E-state index contributed by atoms with van der Waals surface area (Å²) >= 11 is 0. The molecule has 2 atom stereocenters. The molecule has 0 aromatic carbocycles. The Kier molecular flexibility index (Phi) is 5.16. The standard InChI is InChI=1S/C15H26N4/c1-13(12-16-3)14(2)18-8-10-19(11-9-18)15-6-4-5-7-17-15/h4-7,13-14,16H,8-12H2,1-3H3. The second kappa shape index (κ2) is 6.87. The SMILES string of the molecule is CNCC(C)C(C)N1CCN(c2ccccn2)CC1. The minimum absolute atomic E-state index is 0.637. The van der Waals surface area contributed by atoms with E-state index in [4.69, 9.17) is 0 Å². The van der Waals surface area contributed by atoms with E-state index in [1.165, 1.54) is 0 Å². The molecule has 4 heteroatoms. The molecule has 1 aromatic heterocycles. The van der Waals surface area contributed by atoms with E-state index in [-0.39, 0.29) is 0 Å². The van der Waals surface area contributed by atoms with Crippen molar-refractivity contribution in [3.05, 3.63) is 24.4 Å². The largest absolute Gasteiger partial charge is 0.354 e. The van der Waals surface area contributed by atoms with E-state index in [2.05, 4.69) is 46.1 Å². The fraction of sp³-hybridized carbons (Fsp3) is 0.667. The molecule has 0 bridgehead atoms. The molecule has 1 aromatic rings. The van der Waals surface area contributed by atoms with E-state index in [9.17, 15) is 0 Å². The summed E-state index contributed by atoms with van der Waals surface area (Å²) in [5, 5.41) is 3.28. The maximum absolute atomic E-state index is 4.43. The Morgan fingerprint density at radius 3 is 2.53 bits per heavy atom. The normalized spacial score (nSPS) is 20.3. The quantitative estimate of drug-likeness (QED) is 0.870. The predicted molar refractivity (Wildman–Crippen MR) is 80.6 cm³/mol. The van der Waals surface area contributed by atoms with Crippen LogP contribution in [-0.2, 0) is 0 Å². The van der Waals surface area contributed by atoms with Crippen molar-refractivity contribution in [2.24, 2.45) is 5.92 Å². The Morgan fingerprint density at radius 2 is 1.95 bits per heavy atom. The molecule has 1 aliphatic heterocycles. The number of hydrogen-bond donors (Lipinski definition) is 1. The first kappa shape index (κ1) is 14.3. The van der Waals surface area contributed by atoms with Gasteiger partial charge in [-0.3, -0.25) is 4.90 Å². The van der Waals surface area contributed by atoms with Gasteiger partial charge in [0.05, 0.1) is 0 Å². The fourth-order valence-corrected chi connectivity index (χ4v) is 2.75. The van der Waals surface area contributed by atoms with Crippen molar-refractivity contribution in [1.29, 1.82) is 0 Å². The number of anilines is 1. The Labute approximate surface area is 116 Å². The highest BCUT2D eigenvalue weighted by atomic mass is 15.3. The third kappa shape index (κ3) is 3.67. The summed E-state index contributed by atoms with van der Waals surface area (Å²) in [7, 11) is 2.03. The number of rotatable bonds is 5. The molecule has 0 radical (unpaired) electrons. The van der Waals surface area contributed by atoms with Crippen LogP contribution in [0.3, 0.4) is 0 Å². The first-order chi connectivity index (χ1) is 9.22. The van der Waals surface area contributed by atoms with E-state index in [0.717, 1.165) is 38.5 Å². The molecule has 4 nitrogen and oxygen atoms in total. The van der Waals surface area contributed by atoms with Gasteiger partial charge in [0.15, 0.2) is 0 Å². The molecule has 0 aliphatic carbocycles. The molecule has 0 amide bonds. The lowest BCUT2D eigenvalue weighted by atomic mass is 10.0. The summed E-state index contributed by atoms with van der Waals surface area (Å²) in [4.78, 5) is 9.41. The monoisotopic (exact) mass is 262 g/mol. The molecule has 1 N–H and O–H groups in total. The second-order valence-electron chi connectivity index (χ2n) is 5.49. The van der Waals surface area contributed by atoms with Crippen LogP contribution in [0.4, 0.5) is 5.82 Å². The molecular formula is C15H26N4. The highest BCUT2D eigenvalue weighted by Crippen LogP contribution is 2.16. The van der Waals surface area contributed by atoms with Gasteiger partial charge in [-0.25, -0.2) is 4.98 Å². The van der Waals surface area contributed by atoms with Gasteiger partial charge in [0.1, 0.15) is 5.82 Å². The van der Waals surface area contributed by atoms with Crippen LogP contribution in [0.2, 0.25) is 0 Å². The van der Waals surface area contributed by atoms with Crippen LogP contribution in [-0.4, -0.2) is 55.7 Å². The van der Waals surface area contributed by atoms with Crippen LogP contribution >= 0.6 is 0 Å². The zero-order valence-corrected chi connectivity index (χ0v) is 12.3. The van der Waals surface area contributed by atoms with Crippen molar-refractivity contribution < 1.29 is 0 Å². The first-order valence-corrected chi connectivity index (χ1v) is 7.27. The minimum atomic E-state index is 0.637. The summed E-state index contributed by atoms with van der Waals surface area (Å²) in [6.45, 7) is 10.2. The minimum Gasteiger partial charge on any atom is -0.354 e. The van der Waals surface area contributed by atoms with Gasteiger partial charge in [-0.1, -0.05) is 13.0 Å². The predicted octanol–water partition coefficient (Wildman–Crippen LogP) is 1.45. The van der Waals surface area contributed by atoms with Crippen molar-refractivity contribution in [1.82, 2.24) is 15.2 Å². The van der Waals surface area contributed by atoms with Crippen LogP contribution < -0.4 is 10.2 Å². The van der Waals surface area contributed by atoms with E-state index in [0.29, 0.717) is 12.0 Å². The molecular weight excluding hydrogens is 236 g/mol. The fourth-order valence-electron chi connectivity index (χ4n) is 2.75. The molecule has 2 heterocycles. The number of pyridine rings is 1. The summed E-state index contributed by atoms with van der Waals surface area (Å²) in [6, 6.07) is 6.77. The van der Waals surface area contributed by atoms with Crippen LogP contribution in [0, 0.1) is 5.92 Å². The molecule has 1 saturated heterocycles. The molecule has 2 unspecified atom stereocenters. The van der Waals surface area contributed by atoms with E-state index < -0.39 is 0 Å². The van der Waals surface area contributed by atoms with Crippen molar-refractivity contribution in [2.75, 3.05) is 44.7 Å². The highest BCUT2D eigenvalue weighted by Gasteiger charge is 2.24. The van der Waals surface area contributed by atoms with E-state index >= 15 is 0 Å². The number of aromatic nitrogens is 1. The van der Waals surface area contributed by atoms with Crippen LogP contribution in [0.1, 0.15) is 13.8 Å². The van der Waals surface area contributed by atoms with Gasteiger partial charge in [0.2, 0.25) is 0 Å². The van der Waals surface area contributed by atoms with Crippen molar-refractivity contribution >= 4 is 5.82 Å². The van der Waals surface area contributed by atoms with Crippen molar-refractivity contribution in [3.63, 3.8) is 0 Å². The van der Waals surface area contributed by atoms with Crippen LogP contribution in [0.25, 0.3) is 0 Å². The average Bonchev–Trinajstić information content (AvgIpc) is 2.48. The Bertz CT molecular complexity index is 360. The summed E-state index contributed by atoms with van der Waals surface area (Å²) < 4.78 is 0. The number of nitrogens with one attached hydrogen (secondary N) is 1. The number of piperazine rings is 1. The highest BCUT2D eigenvalue weighted by molar-refractivity contribution is 5.38. The van der Waals surface area contributed by atoms with Gasteiger partial charge in [-0.05, 0) is 38.6 Å². The Hall–Kier alpha value is -1.13. The lowest BCUT2D eigenvalue weighted by Gasteiger charge is -2.40. The molecule has 1 fully saturated rings. The van der Waals surface area contributed by atoms with E-state index in [1.807, 2.05) is 19.3 Å². The zero-order valence-electron chi connectivity index (χ0n) is 12.3. The summed E-state index contributed by atoms with van der Waals surface area (Å²) in [5.41, 5.74) is 0. The van der Waals surface area contributed by atoms with Gasteiger partial charge < -0.3 is 10.2 Å². The van der Waals surface area contributed by atoms with Gasteiger partial charge in [0, 0.05) is 38.4 Å². The molecule has 19 heavy (non-hydrogen) atoms. The van der Waals surface area contributed by atoms with Crippen LogP contribution in [0.15, 0.2) is 24.4 Å². The smallest absolute Gasteiger partial charge is 0.128 e. The second-order valence-corrected chi connectivity index (χ2v) is 5.49. The topological polar surface area (TPSA) is 31.4 Å². The van der Waals surface area contributed by atoms with Gasteiger partial charge >= 0.3 is 0 Å². The first-order valence-electron chi connectivity index (χ1n) is 7.27. The lowest BCUT2D eigenvalue weighted by Crippen LogP contribution is -2.52. The summed E-state index contributed by atoms with van der Waals surface area (Å²) in [5.74, 6) is 1.80. The van der Waals surface area contributed by atoms with Gasteiger partial charge in [0.25, 0.3) is 0 Å². The Morgan fingerprint density at radius 1 is 1.21 bits per heavy atom. The maximum Gasteiger partial charge on any atom is 0.128 e. The van der Waals surface area contributed by atoms with Crippen molar-refractivity contribution in [3.8, 4) is 0 Å². The number of nitrogens with zero attached hydrogens (tertiary/aromatic N) is 3. The molecule has 0 saturated carbocycles. The van der Waals surface area contributed by atoms with Gasteiger partial charge in [-0.2, -0.15) is 0 Å². The third-order valence-corrected chi connectivity index (χ3v) is 4.21. The number of hydrogen-bond acceptors (Lipinski definition) is 4. The molecule has 0 spiro atoms. The van der Waals surface area contributed by atoms with Crippen LogP contribution in [0.5, 0.6) is 0 Å². The molecule has 1 aliphatic rings.